The molecule has 0 saturated carbocycles. The van der Waals surface area contributed by atoms with Crippen molar-refractivity contribution in [3.63, 3.8) is 0 Å². The minimum atomic E-state index is -0.684. The second-order valence-corrected chi connectivity index (χ2v) is 6.96. The van der Waals surface area contributed by atoms with Crippen LogP contribution < -0.4 is 19.6 Å². The molecule has 0 aliphatic carbocycles. The Morgan fingerprint density at radius 2 is 1.51 bits per heavy atom. The van der Waals surface area contributed by atoms with Crippen LogP contribution >= 0.6 is 0 Å². The van der Waals surface area contributed by atoms with Gasteiger partial charge in [-0.1, -0.05) is 0 Å². The lowest BCUT2D eigenvalue weighted by molar-refractivity contribution is -0.385. The van der Waals surface area contributed by atoms with E-state index in [0.29, 0.717) is 17.1 Å². The van der Waals surface area contributed by atoms with Gasteiger partial charge in [0.2, 0.25) is 0 Å². The summed E-state index contributed by atoms with van der Waals surface area (Å²) in [6.07, 6.45) is 1.37. The van der Waals surface area contributed by atoms with Gasteiger partial charge in [-0.25, -0.2) is 5.43 Å². The number of non-ortho nitro benzene ring substituents is 2. The monoisotopic (exact) mass is 480 g/mol. The Hall–Kier alpha value is -5.00. The topological polar surface area (TPSA) is 155 Å². The number of hydrogen-bond acceptors (Lipinski definition) is 9. The molecule has 0 saturated heterocycles. The number of carbonyl (C=O) groups excluding carboxylic acids is 1. The number of nitro groups is 2. The van der Waals surface area contributed by atoms with Crippen molar-refractivity contribution >= 4 is 23.5 Å². The summed E-state index contributed by atoms with van der Waals surface area (Å²) >= 11 is 0. The summed E-state index contributed by atoms with van der Waals surface area (Å²) in [5.74, 6) is 0.326. The van der Waals surface area contributed by atoms with Gasteiger partial charge in [-0.05, 0) is 47.5 Å². The highest BCUT2D eigenvalue weighted by Gasteiger charge is 2.17. The van der Waals surface area contributed by atoms with Crippen molar-refractivity contribution in [3.05, 3.63) is 97.6 Å². The van der Waals surface area contributed by atoms with Crippen LogP contribution in [0.2, 0.25) is 0 Å². The van der Waals surface area contributed by atoms with E-state index in [2.05, 4.69) is 10.5 Å². The fourth-order valence-electron chi connectivity index (χ4n) is 2.97. The molecule has 0 atom stereocenters. The third-order valence-electron chi connectivity index (χ3n) is 4.75. The molecular formula is C23H20N4O8. The molecule has 0 unspecified atom stereocenters. The minimum absolute atomic E-state index is 0.00834. The molecular weight excluding hydrogens is 460 g/mol. The maximum Gasteiger partial charge on any atom is 0.275 e. The molecule has 0 aliphatic rings. The van der Waals surface area contributed by atoms with E-state index in [0.717, 1.165) is 11.6 Å². The van der Waals surface area contributed by atoms with Gasteiger partial charge in [0, 0.05) is 24.3 Å². The first kappa shape index (κ1) is 24.6. The van der Waals surface area contributed by atoms with Gasteiger partial charge in [0.05, 0.1) is 35.8 Å². The van der Waals surface area contributed by atoms with Gasteiger partial charge in [-0.3, -0.25) is 25.0 Å². The molecule has 0 bridgehead atoms. The molecule has 0 spiro atoms. The summed E-state index contributed by atoms with van der Waals surface area (Å²) < 4.78 is 16.2. The Morgan fingerprint density at radius 1 is 0.886 bits per heavy atom. The first-order valence-corrected chi connectivity index (χ1v) is 10.0. The maximum absolute atomic E-state index is 12.4. The molecule has 35 heavy (non-hydrogen) atoms. The van der Waals surface area contributed by atoms with Crippen LogP contribution in [0.15, 0.2) is 65.8 Å². The zero-order valence-electron chi connectivity index (χ0n) is 18.7. The third-order valence-corrected chi connectivity index (χ3v) is 4.75. The number of methoxy groups -OCH3 is 2. The molecule has 0 aliphatic heterocycles. The number of carbonyl (C=O) groups is 1. The average molecular weight is 480 g/mol. The van der Waals surface area contributed by atoms with Crippen LogP contribution in [0.4, 0.5) is 11.4 Å². The van der Waals surface area contributed by atoms with E-state index < -0.39 is 15.8 Å². The molecule has 1 amide bonds. The lowest BCUT2D eigenvalue weighted by atomic mass is 10.1. The molecule has 12 heteroatoms. The lowest BCUT2D eigenvalue weighted by Crippen LogP contribution is -2.18. The molecule has 3 rings (SSSR count). The summed E-state index contributed by atoms with van der Waals surface area (Å²) in [6, 6.07) is 14.6. The third kappa shape index (κ3) is 6.28. The molecule has 3 aromatic carbocycles. The van der Waals surface area contributed by atoms with Gasteiger partial charge in [0.1, 0.15) is 12.4 Å². The van der Waals surface area contributed by atoms with Crippen LogP contribution in [0.25, 0.3) is 0 Å². The van der Waals surface area contributed by atoms with E-state index >= 15 is 0 Å². The number of hydrogen-bond donors (Lipinski definition) is 1. The predicted molar refractivity (Wildman–Crippen MR) is 125 cm³/mol. The summed E-state index contributed by atoms with van der Waals surface area (Å²) in [5.41, 5.74) is 3.33. The van der Waals surface area contributed by atoms with E-state index in [1.54, 1.807) is 30.3 Å². The van der Waals surface area contributed by atoms with Crippen LogP contribution in [0, 0.1) is 20.2 Å². The van der Waals surface area contributed by atoms with E-state index in [-0.39, 0.29) is 29.3 Å². The summed E-state index contributed by atoms with van der Waals surface area (Å²) in [7, 11) is 2.81. The smallest absolute Gasteiger partial charge is 0.275 e. The van der Waals surface area contributed by atoms with E-state index in [1.165, 1.54) is 44.7 Å². The highest BCUT2D eigenvalue weighted by atomic mass is 16.6. The molecule has 12 nitrogen and oxygen atoms in total. The number of hydrazone groups is 1. The van der Waals surface area contributed by atoms with Crippen LogP contribution in [0.5, 0.6) is 17.2 Å². The summed E-state index contributed by atoms with van der Waals surface area (Å²) in [4.78, 5) is 33.1. The molecule has 180 valence electrons. The van der Waals surface area contributed by atoms with Gasteiger partial charge in [-0.15, -0.1) is 0 Å². The van der Waals surface area contributed by atoms with Crippen LogP contribution in [0.3, 0.4) is 0 Å². The fraction of sp³-hybridized carbons (Fsp3) is 0.130. The van der Waals surface area contributed by atoms with Gasteiger partial charge >= 0.3 is 0 Å². The lowest BCUT2D eigenvalue weighted by Gasteiger charge is -2.11. The van der Waals surface area contributed by atoms with Gasteiger partial charge in [0.25, 0.3) is 17.3 Å². The van der Waals surface area contributed by atoms with E-state index in [9.17, 15) is 25.0 Å². The van der Waals surface area contributed by atoms with Gasteiger partial charge in [-0.2, -0.15) is 5.10 Å². The number of ether oxygens (including phenoxy) is 3. The largest absolute Gasteiger partial charge is 0.496 e. The normalized spacial score (nSPS) is 10.6. The Balaban J connectivity index is 1.66. The second-order valence-electron chi connectivity index (χ2n) is 6.96. The number of amides is 1. The van der Waals surface area contributed by atoms with Crippen molar-refractivity contribution in [2.45, 2.75) is 6.61 Å². The Morgan fingerprint density at radius 3 is 2.14 bits per heavy atom. The summed E-state index contributed by atoms with van der Waals surface area (Å²) in [5, 5.41) is 25.6. The first-order chi connectivity index (χ1) is 16.8. The molecule has 0 heterocycles. The Kier molecular flexibility index (Phi) is 7.90. The zero-order chi connectivity index (χ0) is 25.4. The highest BCUT2D eigenvalue weighted by molar-refractivity contribution is 5.98. The number of nitrogens with zero attached hydrogens (tertiary/aromatic N) is 3. The predicted octanol–water partition coefficient (Wildman–Crippen LogP) is 3.86. The van der Waals surface area contributed by atoms with Gasteiger partial charge in [0.15, 0.2) is 11.5 Å². The number of nitrogens with one attached hydrogen (secondary N) is 1. The van der Waals surface area contributed by atoms with Crippen molar-refractivity contribution in [3.8, 4) is 17.2 Å². The molecule has 0 radical (unpaired) electrons. The number of benzene rings is 3. The maximum atomic E-state index is 12.4. The molecule has 1 N–H and O–H groups in total. The zero-order valence-corrected chi connectivity index (χ0v) is 18.7. The van der Waals surface area contributed by atoms with E-state index in [1.807, 2.05) is 0 Å². The van der Waals surface area contributed by atoms with Crippen LogP contribution in [0.1, 0.15) is 21.5 Å². The van der Waals surface area contributed by atoms with Crippen molar-refractivity contribution < 1.29 is 28.9 Å². The van der Waals surface area contributed by atoms with Gasteiger partial charge < -0.3 is 14.2 Å². The standard InChI is InChI=1S/C23H20N4O8/c1-33-20-10-8-18(27(31)32)12-19(20)23(28)25-24-13-16-5-9-21(22(11-16)34-2)35-14-15-3-6-17(7-4-15)26(29)30/h3-13H,14H2,1-2H3,(H,25,28). The van der Waals surface area contributed by atoms with Crippen LogP contribution in [-0.2, 0) is 6.61 Å². The van der Waals surface area contributed by atoms with Crippen molar-refractivity contribution in [1.29, 1.82) is 0 Å². The highest BCUT2D eigenvalue weighted by Crippen LogP contribution is 2.29. The average Bonchev–Trinajstić information content (AvgIpc) is 2.87. The minimum Gasteiger partial charge on any atom is -0.496 e. The number of rotatable bonds is 10. The van der Waals surface area contributed by atoms with Crippen LogP contribution in [-0.4, -0.2) is 36.2 Å². The first-order valence-electron chi connectivity index (χ1n) is 10.0. The number of nitro benzene ring substituents is 2. The van der Waals surface area contributed by atoms with Crippen molar-refractivity contribution in [1.82, 2.24) is 5.43 Å². The Bertz CT molecular complexity index is 1280. The Labute approximate surface area is 199 Å². The molecule has 3 aromatic rings. The SMILES string of the molecule is COc1cc(C=NNC(=O)c2cc([N+](=O)[O-])ccc2OC)ccc1OCc1ccc([N+](=O)[O-])cc1. The quantitative estimate of drug-likeness (QED) is 0.260. The molecule has 0 aromatic heterocycles. The van der Waals surface area contributed by atoms with E-state index in [4.69, 9.17) is 14.2 Å². The summed E-state index contributed by atoms with van der Waals surface area (Å²) in [6.45, 7) is 0.170. The van der Waals surface area contributed by atoms with Crippen molar-refractivity contribution in [2.75, 3.05) is 14.2 Å². The fourth-order valence-corrected chi connectivity index (χ4v) is 2.97. The second kappa shape index (κ2) is 11.2. The van der Waals surface area contributed by atoms with Crippen molar-refractivity contribution in [2.24, 2.45) is 5.10 Å². The molecule has 0 fully saturated rings.